The first kappa shape index (κ1) is 29.7. The molecule has 222 valence electrons. The zero-order valence-electron chi connectivity index (χ0n) is 24.6. The number of benzene rings is 3. The predicted molar refractivity (Wildman–Crippen MR) is 165 cm³/mol. The van der Waals surface area contributed by atoms with Crippen molar-refractivity contribution in [2.24, 2.45) is 4.99 Å². The van der Waals surface area contributed by atoms with Crippen molar-refractivity contribution in [2.75, 3.05) is 34.5 Å². The van der Waals surface area contributed by atoms with Crippen LogP contribution in [0, 0.1) is 0 Å². The number of rotatable bonds is 10. The maximum Gasteiger partial charge on any atom is 0.338 e. The summed E-state index contributed by atoms with van der Waals surface area (Å²) < 4.78 is 29.7. The molecular formula is C33H32N2O7S. The molecule has 43 heavy (non-hydrogen) atoms. The molecule has 0 unspecified atom stereocenters. The van der Waals surface area contributed by atoms with E-state index in [2.05, 4.69) is 0 Å². The van der Waals surface area contributed by atoms with E-state index in [1.807, 2.05) is 55.5 Å². The molecule has 9 nitrogen and oxygen atoms in total. The summed E-state index contributed by atoms with van der Waals surface area (Å²) in [5.41, 5.74) is 2.51. The van der Waals surface area contributed by atoms with Gasteiger partial charge in [0.15, 0.2) is 27.8 Å². The Morgan fingerprint density at radius 2 is 1.58 bits per heavy atom. The highest BCUT2D eigenvalue weighted by atomic mass is 32.1. The van der Waals surface area contributed by atoms with Crippen molar-refractivity contribution in [3.05, 3.63) is 109 Å². The number of methoxy groups -OCH3 is 3. The van der Waals surface area contributed by atoms with Crippen LogP contribution < -0.4 is 33.8 Å². The van der Waals surface area contributed by atoms with Crippen LogP contribution in [0.5, 0.6) is 23.0 Å². The second kappa shape index (κ2) is 13.0. The average molecular weight is 601 g/mol. The quantitative estimate of drug-likeness (QED) is 0.250. The van der Waals surface area contributed by atoms with Gasteiger partial charge in [0, 0.05) is 5.56 Å². The van der Waals surface area contributed by atoms with Crippen molar-refractivity contribution < 1.29 is 28.5 Å². The normalized spacial score (nSPS) is 14.5. The van der Waals surface area contributed by atoms with E-state index in [1.54, 1.807) is 50.0 Å². The average Bonchev–Trinajstić information content (AvgIpc) is 3.34. The lowest BCUT2D eigenvalue weighted by molar-refractivity contribution is -0.138. The first-order valence-corrected chi connectivity index (χ1v) is 14.6. The molecule has 0 spiro atoms. The van der Waals surface area contributed by atoms with Gasteiger partial charge in [-0.3, -0.25) is 9.36 Å². The summed E-state index contributed by atoms with van der Waals surface area (Å²) in [6.07, 6.45) is 1.79. The summed E-state index contributed by atoms with van der Waals surface area (Å²) >= 11 is 1.24. The zero-order chi connectivity index (χ0) is 30.5. The fourth-order valence-electron chi connectivity index (χ4n) is 4.98. The first-order chi connectivity index (χ1) is 20.9. The maximum absolute atomic E-state index is 14.2. The van der Waals surface area contributed by atoms with Crippen molar-refractivity contribution in [1.29, 1.82) is 0 Å². The van der Waals surface area contributed by atoms with Crippen LogP contribution in [0.2, 0.25) is 0 Å². The number of hydrogen-bond donors (Lipinski definition) is 0. The SMILES string of the molecule is CCOC(=O)C1=C(c2ccccc2)N=c2s/c(=C\c3ccc(OC)c(OCC)c3)c(=O)n2[C@H]1c1ccc(OC)c(OC)c1. The standard InChI is InChI=1S/C33H32N2O7S/c1-6-41-26-17-20(13-15-24(26)39-4)18-27-31(36)35-30(22-14-16-23(38-3)25(19-22)40-5)28(32(37)42-7-2)29(34-33(35)43-27)21-11-9-8-10-12-21/h8-19,30H,6-7H2,1-5H3/b27-18-/t30-/m0/s1. The molecule has 1 atom stereocenters. The van der Waals surface area contributed by atoms with Gasteiger partial charge in [-0.15, -0.1) is 0 Å². The van der Waals surface area contributed by atoms with Gasteiger partial charge >= 0.3 is 5.97 Å². The van der Waals surface area contributed by atoms with E-state index in [0.29, 0.717) is 50.2 Å². The topological polar surface area (TPSA) is 97.6 Å². The number of thiazole rings is 1. The van der Waals surface area contributed by atoms with E-state index in [-0.39, 0.29) is 17.7 Å². The van der Waals surface area contributed by atoms with Gasteiger partial charge in [0.05, 0.1) is 56.4 Å². The van der Waals surface area contributed by atoms with Gasteiger partial charge in [-0.25, -0.2) is 9.79 Å². The van der Waals surface area contributed by atoms with E-state index >= 15 is 0 Å². The molecule has 0 amide bonds. The van der Waals surface area contributed by atoms with Crippen molar-refractivity contribution in [3.8, 4) is 23.0 Å². The van der Waals surface area contributed by atoms with Crippen molar-refractivity contribution in [3.63, 3.8) is 0 Å². The third-order valence-corrected chi connectivity index (χ3v) is 7.87. The third kappa shape index (κ3) is 5.78. The number of hydrogen-bond acceptors (Lipinski definition) is 9. The molecule has 0 fully saturated rings. The van der Waals surface area contributed by atoms with E-state index in [9.17, 15) is 9.59 Å². The van der Waals surface area contributed by atoms with Gasteiger partial charge < -0.3 is 23.7 Å². The van der Waals surface area contributed by atoms with E-state index < -0.39 is 12.0 Å². The lowest BCUT2D eigenvalue weighted by Gasteiger charge is -2.26. The Balaban J connectivity index is 1.80. The number of carbonyl (C=O) groups excluding carboxylic acids is 1. The van der Waals surface area contributed by atoms with Gasteiger partial charge in [-0.2, -0.15) is 0 Å². The smallest absolute Gasteiger partial charge is 0.338 e. The number of esters is 1. The second-order valence-corrected chi connectivity index (χ2v) is 10.4. The van der Waals surface area contributed by atoms with Crippen LogP contribution in [0.3, 0.4) is 0 Å². The number of nitrogens with zero attached hydrogens (tertiary/aromatic N) is 2. The molecule has 4 aromatic rings. The molecule has 2 heterocycles. The fraction of sp³-hybridized carbons (Fsp3) is 0.242. The van der Waals surface area contributed by atoms with E-state index in [1.165, 1.54) is 18.4 Å². The highest BCUT2D eigenvalue weighted by molar-refractivity contribution is 7.07. The Labute approximate surface area is 252 Å². The van der Waals surface area contributed by atoms with Crippen LogP contribution >= 0.6 is 11.3 Å². The molecule has 10 heteroatoms. The molecule has 0 aliphatic carbocycles. The second-order valence-electron chi connectivity index (χ2n) is 9.39. The summed E-state index contributed by atoms with van der Waals surface area (Å²) in [5.74, 6) is 1.60. The molecule has 1 aliphatic heterocycles. The van der Waals surface area contributed by atoms with E-state index in [4.69, 9.17) is 28.7 Å². The molecule has 0 saturated heterocycles. The minimum atomic E-state index is -0.845. The monoisotopic (exact) mass is 600 g/mol. The van der Waals surface area contributed by atoms with E-state index in [0.717, 1.165) is 11.1 Å². The van der Waals surface area contributed by atoms with Crippen molar-refractivity contribution in [1.82, 2.24) is 4.57 Å². The Morgan fingerprint density at radius 3 is 2.26 bits per heavy atom. The minimum Gasteiger partial charge on any atom is -0.493 e. The summed E-state index contributed by atoms with van der Waals surface area (Å²) in [4.78, 5) is 33.2. The molecule has 0 bridgehead atoms. The largest absolute Gasteiger partial charge is 0.493 e. The van der Waals surface area contributed by atoms with Crippen LogP contribution in [0.4, 0.5) is 0 Å². The minimum absolute atomic E-state index is 0.160. The van der Waals surface area contributed by atoms with Gasteiger partial charge in [0.1, 0.15) is 0 Å². The summed E-state index contributed by atoms with van der Waals surface area (Å²) in [5, 5.41) is 0. The van der Waals surface area contributed by atoms with Gasteiger partial charge in [0.2, 0.25) is 0 Å². The predicted octanol–water partition coefficient (Wildman–Crippen LogP) is 4.36. The Bertz CT molecular complexity index is 1860. The molecule has 3 aromatic carbocycles. The first-order valence-electron chi connectivity index (χ1n) is 13.7. The number of fused-ring (bicyclic) bond motifs is 1. The Morgan fingerprint density at radius 1 is 0.884 bits per heavy atom. The number of ether oxygens (including phenoxy) is 5. The fourth-order valence-corrected chi connectivity index (χ4v) is 5.98. The molecule has 0 N–H and O–H groups in total. The molecule has 1 aliphatic rings. The summed E-state index contributed by atoms with van der Waals surface area (Å²) in [7, 11) is 4.67. The Kier molecular flexibility index (Phi) is 8.96. The highest BCUT2D eigenvalue weighted by Crippen LogP contribution is 2.38. The molecular weight excluding hydrogens is 568 g/mol. The molecule has 5 rings (SSSR count). The van der Waals surface area contributed by atoms with Crippen LogP contribution in [-0.2, 0) is 9.53 Å². The zero-order valence-corrected chi connectivity index (χ0v) is 25.4. The number of carbonyl (C=O) groups is 1. The van der Waals surface area contributed by atoms with Crippen LogP contribution in [-0.4, -0.2) is 45.1 Å². The van der Waals surface area contributed by atoms with Gasteiger partial charge in [-0.1, -0.05) is 53.8 Å². The van der Waals surface area contributed by atoms with Crippen molar-refractivity contribution >= 4 is 29.1 Å². The summed E-state index contributed by atoms with van der Waals surface area (Å²) in [6, 6.07) is 19.4. The Hall–Kier alpha value is -4.83. The van der Waals surface area contributed by atoms with Crippen LogP contribution in [0.25, 0.3) is 11.8 Å². The van der Waals surface area contributed by atoms with Crippen molar-refractivity contribution in [2.45, 2.75) is 19.9 Å². The molecule has 0 radical (unpaired) electrons. The van der Waals surface area contributed by atoms with Crippen LogP contribution in [0.1, 0.15) is 36.6 Å². The lowest BCUT2D eigenvalue weighted by Crippen LogP contribution is -2.40. The highest BCUT2D eigenvalue weighted by Gasteiger charge is 2.35. The molecule has 0 saturated carbocycles. The summed E-state index contributed by atoms with van der Waals surface area (Å²) in [6.45, 7) is 4.26. The maximum atomic E-state index is 14.2. The number of aromatic nitrogens is 1. The molecule has 1 aromatic heterocycles. The van der Waals surface area contributed by atoms with Crippen LogP contribution in [0.15, 0.2) is 82.1 Å². The third-order valence-electron chi connectivity index (χ3n) is 6.88. The lowest BCUT2D eigenvalue weighted by atomic mass is 9.93. The van der Waals surface area contributed by atoms with Gasteiger partial charge in [0.25, 0.3) is 5.56 Å². The van der Waals surface area contributed by atoms with Gasteiger partial charge in [-0.05, 0) is 55.3 Å².